The van der Waals surface area contributed by atoms with Crippen molar-refractivity contribution in [2.45, 2.75) is 6.42 Å². The fraction of sp³-hybridized carbons (Fsp3) is 0.111. The van der Waals surface area contributed by atoms with Crippen molar-refractivity contribution in [1.29, 1.82) is 0 Å². The molecule has 0 bridgehead atoms. The molecule has 3 aromatic rings. The second-order valence-corrected chi connectivity index (χ2v) is 6.52. The van der Waals surface area contributed by atoms with E-state index < -0.39 is 0 Å². The average Bonchev–Trinajstić information content (AvgIpc) is 3.31. The summed E-state index contributed by atoms with van der Waals surface area (Å²) in [6.45, 7) is 0.646. The van der Waals surface area contributed by atoms with Crippen molar-refractivity contribution in [1.82, 2.24) is 9.97 Å². The van der Waals surface area contributed by atoms with Gasteiger partial charge in [-0.2, -0.15) is 0 Å². The lowest BCUT2D eigenvalue weighted by molar-refractivity contribution is 0.0991. The van der Waals surface area contributed by atoms with E-state index in [4.69, 9.17) is 0 Å². The van der Waals surface area contributed by atoms with Crippen LogP contribution in [0.25, 0.3) is 0 Å². The van der Waals surface area contributed by atoms with E-state index >= 15 is 0 Å². The SMILES string of the molecule is O=C(Nc1ccc2c(c1)N(C(=O)c1cccs1)CC2)c1cnccn1. The molecule has 2 amide bonds. The molecule has 25 heavy (non-hydrogen) atoms. The number of nitrogens with one attached hydrogen (secondary N) is 1. The average molecular weight is 350 g/mol. The third-order valence-corrected chi connectivity index (χ3v) is 4.87. The van der Waals surface area contributed by atoms with Gasteiger partial charge in [0.25, 0.3) is 11.8 Å². The monoisotopic (exact) mass is 350 g/mol. The highest BCUT2D eigenvalue weighted by Crippen LogP contribution is 2.32. The van der Waals surface area contributed by atoms with Gasteiger partial charge in [0, 0.05) is 30.3 Å². The number of aromatic nitrogens is 2. The summed E-state index contributed by atoms with van der Waals surface area (Å²) < 4.78 is 0. The number of rotatable bonds is 3. The van der Waals surface area contributed by atoms with Gasteiger partial charge >= 0.3 is 0 Å². The van der Waals surface area contributed by atoms with Crippen LogP contribution in [0.5, 0.6) is 0 Å². The van der Waals surface area contributed by atoms with Crippen LogP contribution >= 0.6 is 11.3 Å². The van der Waals surface area contributed by atoms with Crippen molar-refractivity contribution in [2.75, 3.05) is 16.8 Å². The van der Waals surface area contributed by atoms with Gasteiger partial charge in [-0.3, -0.25) is 14.6 Å². The Labute approximate surface area is 148 Å². The fourth-order valence-electron chi connectivity index (χ4n) is 2.81. The molecule has 1 aromatic carbocycles. The fourth-order valence-corrected chi connectivity index (χ4v) is 3.48. The molecule has 0 atom stereocenters. The van der Waals surface area contributed by atoms with E-state index in [0.29, 0.717) is 17.1 Å². The second-order valence-electron chi connectivity index (χ2n) is 5.57. The summed E-state index contributed by atoms with van der Waals surface area (Å²) in [6.07, 6.45) is 5.21. The van der Waals surface area contributed by atoms with E-state index in [2.05, 4.69) is 15.3 Å². The van der Waals surface area contributed by atoms with Crippen LogP contribution in [0.4, 0.5) is 11.4 Å². The van der Waals surface area contributed by atoms with Crippen LogP contribution in [0, 0.1) is 0 Å². The van der Waals surface area contributed by atoms with Crippen LogP contribution in [0.3, 0.4) is 0 Å². The van der Waals surface area contributed by atoms with Crippen molar-refractivity contribution in [3.05, 3.63) is 70.4 Å². The van der Waals surface area contributed by atoms with Crippen LogP contribution < -0.4 is 10.2 Å². The Morgan fingerprint density at radius 2 is 2.12 bits per heavy atom. The van der Waals surface area contributed by atoms with Crippen LogP contribution in [-0.2, 0) is 6.42 Å². The predicted molar refractivity (Wildman–Crippen MR) is 96.1 cm³/mol. The van der Waals surface area contributed by atoms with Gasteiger partial charge in [0.05, 0.1) is 11.1 Å². The summed E-state index contributed by atoms with van der Waals surface area (Å²) in [6, 6.07) is 9.31. The van der Waals surface area contributed by atoms with Gasteiger partial charge in [0.15, 0.2) is 0 Å². The molecule has 3 heterocycles. The lowest BCUT2D eigenvalue weighted by Crippen LogP contribution is -2.28. The molecule has 0 aliphatic carbocycles. The van der Waals surface area contributed by atoms with Crippen molar-refractivity contribution in [3.63, 3.8) is 0 Å². The second kappa shape index (κ2) is 6.45. The standard InChI is InChI=1S/C18H14N4O2S/c23-17(14-11-19-6-7-20-14)21-13-4-3-12-5-8-22(15(12)10-13)18(24)16-2-1-9-25-16/h1-4,6-7,9-11H,5,8H2,(H,21,23). The normalized spacial score (nSPS) is 12.7. The van der Waals surface area contributed by atoms with Crippen LogP contribution in [-0.4, -0.2) is 28.3 Å². The molecule has 0 spiro atoms. The van der Waals surface area contributed by atoms with Crippen LogP contribution in [0.15, 0.2) is 54.3 Å². The number of carbonyl (C=O) groups is 2. The first-order valence-corrected chi connectivity index (χ1v) is 8.66. The molecular weight excluding hydrogens is 336 g/mol. The molecule has 124 valence electrons. The number of hydrogen-bond donors (Lipinski definition) is 1. The summed E-state index contributed by atoms with van der Waals surface area (Å²) in [5.74, 6) is -0.340. The highest BCUT2D eigenvalue weighted by atomic mass is 32.1. The van der Waals surface area contributed by atoms with E-state index in [0.717, 1.165) is 17.7 Å². The number of hydrogen-bond acceptors (Lipinski definition) is 5. The summed E-state index contributed by atoms with van der Waals surface area (Å²) >= 11 is 1.43. The van der Waals surface area contributed by atoms with Crippen LogP contribution in [0.2, 0.25) is 0 Å². The van der Waals surface area contributed by atoms with Crippen LogP contribution in [0.1, 0.15) is 25.7 Å². The molecule has 6 nitrogen and oxygen atoms in total. The van der Waals surface area contributed by atoms with Crippen molar-refractivity contribution >= 4 is 34.5 Å². The largest absolute Gasteiger partial charge is 0.321 e. The lowest BCUT2D eigenvalue weighted by atomic mass is 10.1. The maximum atomic E-state index is 12.7. The van der Waals surface area contributed by atoms with Gasteiger partial charge in [0.1, 0.15) is 5.69 Å². The molecule has 0 saturated heterocycles. The summed E-state index contributed by atoms with van der Waals surface area (Å²) in [7, 11) is 0. The first kappa shape index (κ1) is 15.5. The molecule has 0 saturated carbocycles. The molecule has 1 aliphatic rings. The Bertz CT molecular complexity index is 926. The Morgan fingerprint density at radius 1 is 1.20 bits per heavy atom. The Kier molecular flexibility index (Phi) is 3.99. The number of fused-ring (bicyclic) bond motifs is 1. The number of carbonyl (C=O) groups excluding carboxylic acids is 2. The molecule has 0 unspecified atom stereocenters. The Balaban J connectivity index is 1.58. The molecule has 1 aliphatic heterocycles. The van der Waals surface area contributed by atoms with E-state index in [-0.39, 0.29) is 17.5 Å². The van der Waals surface area contributed by atoms with Gasteiger partial charge in [0.2, 0.25) is 0 Å². The summed E-state index contributed by atoms with van der Waals surface area (Å²) in [4.78, 5) is 35.2. The molecule has 0 radical (unpaired) electrons. The Morgan fingerprint density at radius 3 is 2.88 bits per heavy atom. The van der Waals surface area contributed by atoms with E-state index in [1.807, 2.05) is 35.7 Å². The Hall–Kier alpha value is -3.06. The number of nitrogens with zero attached hydrogens (tertiary/aromatic N) is 3. The molecule has 0 fully saturated rings. The third-order valence-electron chi connectivity index (χ3n) is 4.01. The molecule has 4 rings (SSSR count). The molecule has 2 aromatic heterocycles. The maximum Gasteiger partial charge on any atom is 0.275 e. The molecule has 7 heteroatoms. The van der Waals surface area contributed by atoms with Gasteiger partial charge in [-0.05, 0) is 35.6 Å². The van der Waals surface area contributed by atoms with Gasteiger partial charge in [-0.15, -0.1) is 11.3 Å². The summed E-state index contributed by atoms with van der Waals surface area (Å²) in [5, 5.41) is 4.70. The van der Waals surface area contributed by atoms with Crippen molar-refractivity contribution < 1.29 is 9.59 Å². The van der Waals surface area contributed by atoms with Gasteiger partial charge in [-0.1, -0.05) is 12.1 Å². The first-order valence-electron chi connectivity index (χ1n) is 7.78. The third kappa shape index (κ3) is 3.01. The van der Waals surface area contributed by atoms with E-state index in [9.17, 15) is 9.59 Å². The summed E-state index contributed by atoms with van der Waals surface area (Å²) in [5.41, 5.74) is 2.81. The topological polar surface area (TPSA) is 75.2 Å². The lowest BCUT2D eigenvalue weighted by Gasteiger charge is -2.17. The van der Waals surface area contributed by atoms with Gasteiger partial charge < -0.3 is 10.2 Å². The molecule has 1 N–H and O–H groups in total. The van der Waals surface area contributed by atoms with E-state index in [1.165, 1.54) is 29.9 Å². The highest BCUT2D eigenvalue weighted by molar-refractivity contribution is 7.12. The van der Waals surface area contributed by atoms with Crippen molar-refractivity contribution in [2.24, 2.45) is 0 Å². The zero-order chi connectivity index (χ0) is 17.2. The van der Waals surface area contributed by atoms with Crippen molar-refractivity contribution in [3.8, 4) is 0 Å². The zero-order valence-electron chi connectivity index (χ0n) is 13.2. The number of thiophene rings is 1. The minimum atomic E-state index is -0.331. The predicted octanol–water partition coefficient (Wildman–Crippen LogP) is 2.99. The smallest absolute Gasteiger partial charge is 0.275 e. The number of amides is 2. The minimum absolute atomic E-state index is 0.00819. The number of anilines is 2. The number of benzene rings is 1. The minimum Gasteiger partial charge on any atom is -0.321 e. The highest BCUT2D eigenvalue weighted by Gasteiger charge is 2.26. The zero-order valence-corrected chi connectivity index (χ0v) is 14.0. The van der Waals surface area contributed by atoms with E-state index in [1.54, 1.807) is 4.90 Å². The quantitative estimate of drug-likeness (QED) is 0.788. The first-order chi connectivity index (χ1) is 12.2. The molecular formula is C18H14N4O2S. The van der Waals surface area contributed by atoms with Gasteiger partial charge in [-0.25, -0.2) is 4.98 Å². The maximum absolute atomic E-state index is 12.7.